The summed E-state index contributed by atoms with van der Waals surface area (Å²) in [4.78, 5) is 18.4. The van der Waals surface area contributed by atoms with E-state index in [0.717, 1.165) is 18.5 Å². The van der Waals surface area contributed by atoms with E-state index in [1.54, 1.807) is 17.0 Å². The summed E-state index contributed by atoms with van der Waals surface area (Å²) in [6, 6.07) is 4.86. The molecule has 1 amide bonds. The Bertz CT molecular complexity index is 687. The fourth-order valence-electron chi connectivity index (χ4n) is 2.55. The van der Waals surface area contributed by atoms with E-state index in [1.807, 2.05) is 13.0 Å². The number of amides is 1. The van der Waals surface area contributed by atoms with Crippen LogP contribution in [0.5, 0.6) is 0 Å². The van der Waals surface area contributed by atoms with E-state index in [1.165, 1.54) is 0 Å². The molecule has 0 radical (unpaired) electrons. The number of carbonyl (C=O) groups excluding carboxylic acids is 1. The topological polar surface area (TPSA) is 59.2 Å². The van der Waals surface area contributed by atoms with Crippen molar-refractivity contribution in [2.75, 3.05) is 6.54 Å². The molecule has 1 saturated heterocycles. The molecule has 1 fully saturated rings. The van der Waals surface area contributed by atoms with E-state index in [9.17, 15) is 4.79 Å². The first-order valence-corrected chi connectivity index (χ1v) is 7.38. The summed E-state index contributed by atoms with van der Waals surface area (Å²) >= 11 is 11.9. The summed E-state index contributed by atoms with van der Waals surface area (Å²) in [7, 11) is 0. The Morgan fingerprint density at radius 1 is 1.43 bits per heavy atom. The van der Waals surface area contributed by atoms with E-state index in [0.29, 0.717) is 17.3 Å². The van der Waals surface area contributed by atoms with E-state index in [-0.39, 0.29) is 22.8 Å². The van der Waals surface area contributed by atoms with Gasteiger partial charge in [-0.05, 0) is 31.9 Å². The van der Waals surface area contributed by atoms with Gasteiger partial charge in [-0.2, -0.15) is 0 Å². The zero-order valence-electron chi connectivity index (χ0n) is 11.3. The van der Waals surface area contributed by atoms with Gasteiger partial charge in [0, 0.05) is 12.6 Å². The summed E-state index contributed by atoms with van der Waals surface area (Å²) in [6.45, 7) is 2.48. The third-order valence-electron chi connectivity index (χ3n) is 3.50. The predicted molar refractivity (Wildman–Crippen MR) is 78.5 cm³/mol. The highest BCUT2D eigenvalue weighted by Crippen LogP contribution is 2.34. The van der Waals surface area contributed by atoms with Crippen molar-refractivity contribution in [3.8, 4) is 0 Å². The smallest absolute Gasteiger partial charge is 0.274 e. The summed E-state index contributed by atoms with van der Waals surface area (Å²) in [6.07, 6.45) is 1.73. The van der Waals surface area contributed by atoms with Crippen LogP contribution in [0.2, 0.25) is 10.2 Å². The summed E-state index contributed by atoms with van der Waals surface area (Å²) in [5.74, 6) is 0.454. The number of hydrogen-bond acceptors (Lipinski definition) is 4. The Morgan fingerprint density at radius 2 is 2.24 bits per heavy atom. The van der Waals surface area contributed by atoms with Crippen molar-refractivity contribution < 1.29 is 9.32 Å². The first-order valence-electron chi connectivity index (χ1n) is 6.62. The lowest BCUT2D eigenvalue weighted by Gasteiger charge is -2.22. The second-order valence-electron chi connectivity index (χ2n) is 4.99. The molecule has 5 nitrogen and oxygen atoms in total. The fraction of sp³-hybridized carbons (Fsp3) is 0.357. The molecule has 110 valence electrons. The average molecular weight is 326 g/mol. The SMILES string of the molecule is Cc1cc(C2CCCN2C(=O)c2nc(Cl)ccc2Cl)on1. The van der Waals surface area contributed by atoms with Crippen LogP contribution in [-0.2, 0) is 0 Å². The molecule has 2 aromatic rings. The van der Waals surface area contributed by atoms with Crippen LogP contribution < -0.4 is 0 Å². The van der Waals surface area contributed by atoms with Crippen molar-refractivity contribution in [1.82, 2.24) is 15.0 Å². The van der Waals surface area contributed by atoms with Gasteiger partial charge in [0.25, 0.3) is 5.91 Å². The van der Waals surface area contributed by atoms with Crippen LogP contribution in [0.1, 0.15) is 40.8 Å². The monoisotopic (exact) mass is 325 g/mol. The second-order valence-corrected chi connectivity index (χ2v) is 5.79. The number of carbonyl (C=O) groups is 1. The number of rotatable bonds is 2. The van der Waals surface area contributed by atoms with E-state index in [2.05, 4.69) is 10.1 Å². The maximum absolute atomic E-state index is 12.7. The first kappa shape index (κ1) is 14.4. The van der Waals surface area contributed by atoms with Gasteiger partial charge in [0.2, 0.25) is 0 Å². The minimum absolute atomic E-state index is 0.129. The van der Waals surface area contributed by atoms with Crippen molar-refractivity contribution in [3.05, 3.63) is 45.5 Å². The molecule has 1 aliphatic heterocycles. The van der Waals surface area contributed by atoms with Crippen LogP contribution >= 0.6 is 23.2 Å². The van der Waals surface area contributed by atoms with Crippen molar-refractivity contribution in [2.45, 2.75) is 25.8 Å². The summed E-state index contributed by atoms with van der Waals surface area (Å²) < 4.78 is 5.30. The third-order valence-corrected chi connectivity index (χ3v) is 4.02. The molecular weight excluding hydrogens is 313 g/mol. The maximum Gasteiger partial charge on any atom is 0.274 e. The number of nitrogens with zero attached hydrogens (tertiary/aromatic N) is 3. The second kappa shape index (κ2) is 5.66. The zero-order chi connectivity index (χ0) is 15.0. The van der Waals surface area contributed by atoms with E-state index in [4.69, 9.17) is 27.7 Å². The van der Waals surface area contributed by atoms with Crippen LogP contribution in [0.15, 0.2) is 22.7 Å². The van der Waals surface area contributed by atoms with Crippen molar-refractivity contribution in [3.63, 3.8) is 0 Å². The lowest BCUT2D eigenvalue weighted by Crippen LogP contribution is -2.31. The Morgan fingerprint density at radius 3 is 2.95 bits per heavy atom. The van der Waals surface area contributed by atoms with Crippen molar-refractivity contribution in [1.29, 1.82) is 0 Å². The first-order chi connectivity index (χ1) is 10.1. The molecule has 2 aromatic heterocycles. The molecule has 0 N–H and O–H groups in total. The molecule has 0 aromatic carbocycles. The molecule has 0 bridgehead atoms. The molecule has 1 aliphatic rings. The van der Waals surface area contributed by atoms with Gasteiger partial charge in [-0.1, -0.05) is 28.4 Å². The number of halogens is 2. The molecule has 21 heavy (non-hydrogen) atoms. The zero-order valence-corrected chi connectivity index (χ0v) is 12.9. The molecule has 3 heterocycles. The number of aromatic nitrogens is 2. The Balaban J connectivity index is 1.91. The van der Waals surface area contributed by atoms with Gasteiger partial charge in [0.1, 0.15) is 10.8 Å². The van der Waals surface area contributed by atoms with Gasteiger partial charge >= 0.3 is 0 Å². The number of hydrogen-bond donors (Lipinski definition) is 0. The quantitative estimate of drug-likeness (QED) is 0.790. The summed E-state index contributed by atoms with van der Waals surface area (Å²) in [5.41, 5.74) is 0.968. The van der Waals surface area contributed by atoms with Crippen LogP contribution in [0.25, 0.3) is 0 Å². The van der Waals surface area contributed by atoms with Crippen LogP contribution in [0, 0.1) is 6.92 Å². The molecule has 1 atom stereocenters. The fourth-order valence-corrected chi connectivity index (χ4v) is 2.88. The number of aryl methyl sites for hydroxylation is 1. The molecule has 1 unspecified atom stereocenters. The maximum atomic E-state index is 12.7. The predicted octanol–water partition coefficient (Wildman–Crippen LogP) is 3.66. The average Bonchev–Trinajstić information content (AvgIpc) is 3.09. The standard InChI is InChI=1S/C14H13Cl2N3O2/c1-8-7-11(21-18-8)10-3-2-6-19(10)14(20)13-9(15)4-5-12(16)17-13/h4-5,7,10H,2-3,6H2,1H3. The normalized spacial score (nSPS) is 18.2. The van der Waals surface area contributed by atoms with Gasteiger partial charge < -0.3 is 9.42 Å². The highest BCUT2D eigenvalue weighted by Gasteiger charge is 2.34. The number of pyridine rings is 1. The van der Waals surface area contributed by atoms with Crippen LogP contribution in [0.3, 0.4) is 0 Å². The Kier molecular flexibility index (Phi) is 3.87. The van der Waals surface area contributed by atoms with Gasteiger partial charge in [-0.25, -0.2) is 4.98 Å². The van der Waals surface area contributed by atoms with Crippen molar-refractivity contribution in [2.24, 2.45) is 0 Å². The lowest BCUT2D eigenvalue weighted by molar-refractivity contribution is 0.0709. The largest absolute Gasteiger partial charge is 0.359 e. The van der Waals surface area contributed by atoms with E-state index >= 15 is 0 Å². The Hall–Kier alpha value is -1.59. The molecule has 0 aliphatic carbocycles. The minimum atomic E-state index is -0.237. The highest BCUT2D eigenvalue weighted by atomic mass is 35.5. The van der Waals surface area contributed by atoms with E-state index < -0.39 is 0 Å². The van der Waals surface area contributed by atoms with Gasteiger partial charge in [0.15, 0.2) is 5.76 Å². The van der Waals surface area contributed by atoms with Crippen LogP contribution in [0.4, 0.5) is 0 Å². The van der Waals surface area contributed by atoms with Crippen LogP contribution in [-0.4, -0.2) is 27.5 Å². The molecule has 3 rings (SSSR count). The van der Waals surface area contributed by atoms with Gasteiger partial charge in [-0.3, -0.25) is 4.79 Å². The van der Waals surface area contributed by atoms with Crippen molar-refractivity contribution >= 4 is 29.1 Å². The Labute approximate surface area is 131 Å². The van der Waals surface area contributed by atoms with Gasteiger partial charge in [0.05, 0.1) is 16.8 Å². The number of likely N-dealkylation sites (tertiary alicyclic amines) is 1. The minimum Gasteiger partial charge on any atom is -0.359 e. The van der Waals surface area contributed by atoms with Gasteiger partial charge in [-0.15, -0.1) is 0 Å². The molecule has 0 spiro atoms. The third kappa shape index (κ3) is 2.76. The molecule has 7 heteroatoms. The summed E-state index contributed by atoms with van der Waals surface area (Å²) in [5, 5.41) is 4.42. The lowest BCUT2D eigenvalue weighted by atomic mass is 10.1. The molecular formula is C14H13Cl2N3O2. The molecule has 0 saturated carbocycles. The highest BCUT2D eigenvalue weighted by molar-refractivity contribution is 6.34.